The van der Waals surface area contributed by atoms with E-state index in [2.05, 4.69) is 23.3 Å². The number of likely N-dealkylation sites (N-methyl/N-ethyl adjacent to an activating group) is 1. The minimum atomic E-state index is 0.275. The summed E-state index contributed by atoms with van der Waals surface area (Å²) in [5.41, 5.74) is 1.19. The monoisotopic (exact) mass is 278 g/mol. The third kappa shape index (κ3) is 2.69. The summed E-state index contributed by atoms with van der Waals surface area (Å²) in [6.07, 6.45) is 2.50. The summed E-state index contributed by atoms with van der Waals surface area (Å²) in [4.78, 5) is 2.39. The number of piperidine rings is 1. The summed E-state index contributed by atoms with van der Waals surface area (Å²) >= 11 is 0. The predicted molar refractivity (Wildman–Crippen MR) is 76.5 cm³/mol. The van der Waals surface area contributed by atoms with Crippen molar-refractivity contribution in [2.75, 3.05) is 34.0 Å². The number of methoxy groups -OCH3 is 1. The molecule has 0 aromatic heterocycles. The molecule has 1 saturated heterocycles. The van der Waals surface area contributed by atoms with Gasteiger partial charge >= 0.3 is 0 Å². The lowest BCUT2D eigenvalue weighted by Crippen LogP contribution is -2.43. The second-order valence-electron chi connectivity index (χ2n) is 5.45. The van der Waals surface area contributed by atoms with E-state index in [9.17, 15) is 0 Å². The molecule has 1 N–H and O–H groups in total. The lowest BCUT2D eigenvalue weighted by Gasteiger charge is -2.31. The molecule has 1 atom stereocenters. The van der Waals surface area contributed by atoms with Crippen LogP contribution in [0.15, 0.2) is 12.1 Å². The lowest BCUT2D eigenvalue weighted by atomic mass is 10.1. The lowest BCUT2D eigenvalue weighted by molar-refractivity contribution is 0.171. The SMILES string of the molecule is COc1cc(CN(C)C2CCCNC2)cc2c1OCO2. The molecule has 2 aliphatic heterocycles. The summed E-state index contributed by atoms with van der Waals surface area (Å²) in [7, 11) is 3.84. The second-order valence-corrected chi connectivity index (χ2v) is 5.45. The highest BCUT2D eigenvalue weighted by molar-refractivity contribution is 5.55. The van der Waals surface area contributed by atoms with Gasteiger partial charge < -0.3 is 19.5 Å². The zero-order chi connectivity index (χ0) is 13.9. The van der Waals surface area contributed by atoms with Crippen molar-refractivity contribution in [3.05, 3.63) is 17.7 Å². The number of ether oxygens (including phenoxy) is 3. The highest BCUT2D eigenvalue weighted by Crippen LogP contribution is 2.42. The highest BCUT2D eigenvalue weighted by atomic mass is 16.7. The summed E-state index contributed by atoms with van der Waals surface area (Å²) in [5.74, 6) is 2.26. The Morgan fingerprint density at radius 2 is 2.30 bits per heavy atom. The Morgan fingerprint density at radius 3 is 3.05 bits per heavy atom. The fourth-order valence-corrected chi connectivity index (χ4v) is 2.90. The van der Waals surface area contributed by atoms with Crippen molar-refractivity contribution >= 4 is 0 Å². The molecular weight excluding hydrogens is 256 g/mol. The molecule has 0 bridgehead atoms. The van der Waals surface area contributed by atoms with Gasteiger partial charge in [0.15, 0.2) is 11.5 Å². The first kappa shape index (κ1) is 13.5. The van der Waals surface area contributed by atoms with Crippen LogP contribution in [0.4, 0.5) is 0 Å². The normalized spacial score (nSPS) is 21.2. The quantitative estimate of drug-likeness (QED) is 0.906. The van der Waals surface area contributed by atoms with Gasteiger partial charge in [-0.25, -0.2) is 0 Å². The third-order valence-electron chi connectivity index (χ3n) is 4.04. The molecule has 1 unspecified atom stereocenters. The maximum atomic E-state index is 5.48. The molecule has 0 radical (unpaired) electrons. The molecule has 3 rings (SSSR count). The molecule has 1 aromatic rings. The van der Waals surface area contributed by atoms with Gasteiger partial charge in [0.2, 0.25) is 12.5 Å². The number of nitrogens with one attached hydrogen (secondary N) is 1. The van der Waals surface area contributed by atoms with E-state index in [0.717, 1.165) is 36.9 Å². The van der Waals surface area contributed by atoms with Crippen LogP contribution in [0.5, 0.6) is 17.2 Å². The fourth-order valence-electron chi connectivity index (χ4n) is 2.90. The van der Waals surface area contributed by atoms with Crippen LogP contribution in [0.1, 0.15) is 18.4 Å². The van der Waals surface area contributed by atoms with Crippen molar-refractivity contribution in [1.82, 2.24) is 10.2 Å². The van der Waals surface area contributed by atoms with Crippen molar-refractivity contribution in [3.63, 3.8) is 0 Å². The highest BCUT2D eigenvalue weighted by Gasteiger charge is 2.22. The second kappa shape index (κ2) is 5.89. The average Bonchev–Trinajstić information content (AvgIpc) is 2.95. The van der Waals surface area contributed by atoms with E-state index in [1.54, 1.807) is 7.11 Å². The number of nitrogens with zero attached hydrogens (tertiary/aromatic N) is 1. The molecule has 1 aromatic carbocycles. The topological polar surface area (TPSA) is 43.0 Å². The van der Waals surface area contributed by atoms with Gasteiger partial charge in [-0.2, -0.15) is 0 Å². The van der Waals surface area contributed by atoms with Crippen LogP contribution in [0.25, 0.3) is 0 Å². The van der Waals surface area contributed by atoms with Crippen LogP contribution >= 0.6 is 0 Å². The van der Waals surface area contributed by atoms with Gasteiger partial charge in [-0.1, -0.05) is 0 Å². The third-order valence-corrected chi connectivity index (χ3v) is 4.04. The van der Waals surface area contributed by atoms with Gasteiger partial charge in [0.05, 0.1) is 7.11 Å². The molecule has 110 valence electrons. The first-order valence-electron chi connectivity index (χ1n) is 7.15. The molecule has 20 heavy (non-hydrogen) atoms. The Bertz CT molecular complexity index is 472. The molecule has 5 heteroatoms. The number of hydrogen-bond donors (Lipinski definition) is 1. The molecule has 2 heterocycles. The predicted octanol–water partition coefficient (Wildman–Crippen LogP) is 1.61. The Balaban J connectivity index is 1.73. The van der Waals surface area contributed by atoms with E-state index < -0.39 is 0 Å². The molecule has 0 saturated carbocycles. The van der Waals surface area contributed by atoms with E-state index in [-0.39, 0.29) is 6.79 Å². The maximum Gasteiger partial charge on any atom is 0.231 e. The Labute approximate surface area is 119 Å². The zero-order valence-electron chi connectivity index (χ0n) is 12.1. The molecule has 5 nitrogen and oxygen atoms in total. The van der Waals surface area contributed by atoms with E-state index in [1.165, 1.54) is 18.4 Å². The first-order chi connectivity index (χ1) is 9.78. The van der Waals surface area contributed by atoms with Crippen LogP contribution in [0.2, 0.25) is 0 Å². The smallest absolute Gasteiger partial charge is 0.231 e. The van der Waals surface area contributed by atoms with Gasteiger partial charge in [0.25, 0.3) is 0 Å². The largest absolute Gasteiger partial charge is 0.493 e. The van der Waals surface area contributed by atoms with Gasteiger partial charge in [0.1, 0.15) is 0 Å². The average molecular weight is 278 g/mol. The minimum absolute atomic E-state index is 0.275. The number of rotatable bonds is 4. The first-order valence-corrected chi connectivity index (χ1v) is 7.15. The number of hydrogen-bond acceptors (Lipinski definition) is 5. The zero-order valence-corrected chi connectivity index (χ0v) is 12.1. The Kier molecular flexibility index (Phi) is 3.98. The van der Waals surface area contributed by atoms with E-state index in [4.69, 9.17) is 14.2 Å². The van der Waals surface area contributed by atoms with Crippen LogP contribution in [-0.4, -0.2) is 45.0 Å². The van der Waals surface area contributed by atoms with Crippen LogP contribution in [-0.2, 0) is 6.54 Å². The number of fused-ring (bicyclic) bond motifs is 1. The molecule has 1 fully saturated rings. The Morgan fingerprint density at radius 1 is 1.40 bits per heavy atom. The van der Waals surface area contributed by atoms with E-state index in [1.807, 2.05) is 6.07 Å². The Hall–Kier alpha value is -1.46. The minimum Gasteiger partial charge on any atom is -0.493 e. The molecule has 2 aliphatic rings. The van der Waals surface area contributed by atoms with Crippen molar-refractivity contribution in [2.45, 2.75) is 25.4 Å². The van der Waals surface area contributed by atoms with Crippen molar-refractivity contribution < 1.29 is 14.2 Å². The van der Waals surface area contributed by atoms with E-state index >= 15 is 0 Å². The molecule has 0 aliphatic carbocycles. The van der Waals surface area contributed by atoms with Gasteiger partial charge in [-0.05, 0) is 44.1 Å². The van der Waals surface area contributed by atoms with E-state index in [0.29, 0.717) is 6.04 Å². The summed E-state index contributed by atoms with van der Waals surface area (Å²) in [5, 5.41) is 3.45. The molecule has 0 amide bonds. The fraction of sp³-hybridized carbons (Fsp3) is 0.600. The van der Waals surface area contributed by atoms with Crippen LogP contribution in [0.3, 0.4) is 0 Å². The van der Waals surface area contributed by atoms with Gasteiger partial charge in [-0.15, -0.1) is 0 Å². The van der Waals surface area contributed by atoms with Gasteiger partial charge in [-0.3, -0.25) is 4.90 Å². The molecule has 0 spiro atoms. The summed E-state index contributed by atoms with van der Waals surface area (Å²) < 4.78 is 16.3. The summed E-state index contributed by atoms with van der Waals surface area (Å²) in [6.45, 7) is 3.37. The van der Waals surface area contributed by atoms with Gasteiger partial charge in [0, 0.05) is 19.1 Å². The molecular formula is C15H22N2O3. The van der Waals surface area contributed by atoms with Crippen LogP contribution in [0, 0.1) is 0 Å². The van der Waals surface area contributed by atoms with Crippen LogP contribution < -0.4 is 19.5 Å². The standard InChI is InChI=1S/C15H22N2O3/c1-17(12-4-3-5-16-8-12)9-11-6-13(18-2)15-14(7-11)19-10-20-15/h6-7,12,16H,3-5,8-10H2,1-2H3. The number of benzene rings is 1. The van der Waals surface area contributed by atoms with Crippen molar-refractivity contribution in [1.29, 1.82) is 0 Å². The van der Waals surface area contributed by atoms with Crippen molar-refractivity contribution in [3.8, 4) is 17.2 Å². The summed E-state index contributed by atoms with van der Waals surface area (Å²) in [6, 6.07) is 4.69. The van der Waals surface area contributed by atoms with Crippen molar-refractivity contribution in [2.24, 2.45) is 0 Å². The maximum absolute atomic E-state index is 5.48.